The van der Waals surface area contributed by atoms with Crippen molar-refractivity contribution in [1.82, 2.24) is 15.5 Å². The van der Waals surface area contributed by atoms with Crippen LogP contribution in [0.25, 0.3) is 0 Å². The average Bonchev–Trinajstić information content (AvgIpc) is 2.54. The number of carbonyl (C=O) groups is 3. The molecule has 2 saturated heterocycles. The highest BCUT2D eigenvalue weighted by Gasteiger charge is 2.29. The van der Waals surface area contributed by atoms with E-state index < -0.39 is 0 Å². The van der Waals surface area contributed by atoms with Gasteiger partial charge in [-0.2, -0.15) is 0 Å². The molecule has 0 saturated carbocycles. The van der Waals surface area contributed by atoms with Gasteiger partial charge in [-0.1, -0.05) is 0 Å². The fourth-order valence-corrected chi connectivity index (χ4v) is 2.20. The van der Waals surface area contributed by atoms with Crippen molar-refractivity contribution in [2.24, 2.45) is 5.92 Å². The minimum absolute atomic E-state index is 0.00246. The van der Waals surface area contributed by atoms with E-state index >= 15 is 0 Å². The normalized spacial score (nSPS) is 25.9. The van der Waals surface area contributed by atoms with Crippen molar-refractivity contribution >= 4 is 17.7 Å². The van der Waals surface area contributed by atoms with Gasteiger partial charge >= 0.3 is 0 Å². The first-order valence-electron chi connectivity index (χ1n) is 5.99. The third-order valence-corrected chi connectivity index (χ3v) is 3.19. The number of rotatable bonds is 1. The Morgan fingerprint density at radius 1 is 1.24 bits per heavy atom. The lowest BCUT2D eigenvalue weighted by Crippen LogP contribution is -2.46. The fourth-order valence-electron chi connectivity index (χ4n) is 2.20. The number of piperidine rings is 1. The van der Waals surface area contributed by atoms with Crippen LogP contribution in [0.3, 0.4) is 0 Å². The topological polar surface area (TPSA) is 78.5 Å². The molecule has 0 aromatic heterocycles. The summed E-state index contributed by atoms with van der Waals surface area (Å²) >= 11 is 0. The standard InChI is InChI=1S/C11H17N3O3/c15-9-3-2-8(6-13-9)11(17)14-5-1-4-12-10(16)7-14/h8H,1-7H2,(H,12,16)(H,13,15). The van der Waals surface area contributed by atoms with Crippen LogP contribution in [-0.2, 0) is 14.4 Å². The van der Waals surface area contributed by atoms with Crippen molar-refractivity contribution in [2.45, 2.75) is 19.3 Å². The Kier molecular flexibility index (Phi) is 3.61. The maximum atomic E-state index is 12.2. The molecule has 6 heteroatoms. The second kappa shape index (κ2) is 5.16. The number of hydrogen-bond donors (Lipinski definition) is 2. The Morgan fingerprint density at radius 2 is 2.06 bits per heavy atom. The highest BCUT2D eigenvalue weighted by molar-refractivity contribution is 5.88. The molecule has 0 spiro atoms. The Hall–Kier alpha value is -1.59. The summed E-state index contributed by atoms with van der Waals surface area (Å²) in [6, 6.07) is 0. The molecule has 2 N–H and O–H groups in total. The van der Waals surface area contributed by atoms with E-state index in [1.54, 1.807) is 4.90 Å². The van der Waals surface area contributed by atoms with Crippen LogP contribution in [0.5, 0.6) is 0 Å². The summed E-state index contributed by atoms with van der Waals surface area (Å²) in [4.78, 5) is 36.1. The Bertz CT molecular complexity index is 333. The Morgan fingerprint density at radius 3 is 2.76 bits per heavy atom. The lowest BCUT2D eigenvalue weighted by Gasteiger charge is -2.27. The van der Waals surface area contributed by atoms with Gasteiger partial charge in [-0.15, -0.1) is 0 Å². The number of hydrogen-bond acceptors (Lipinski definition) is 3. The molecule has 2 aliphatic heterocycles. The monoisotopic (exact) mass is 239 g/mol. The largest absolute Gasteiger partial charge is 0.355 e. The molecule has 6 nitrogen and oxygen atoms in total. The predicted molar refractivity (Wildman–Crippen MR) is 59.9 cm³/mol. The second-order valence-electron chi connectivity index (χ2n) is 4.50. The maximum absolute atomic E-state index is 12.2. The summed E-state index contributed by atoms with van der Waals surface area (Å²) in [6.45, 7) is 1.78. The van der Waals surface area contributed by atoms with Crippen LogP contribution in [-0.4, -0.2) is 48.8 Å². The number of carbonyl (C=O) groups excluding carboxylic acids is 3. The fraction of sp³-hybridized carbons (Fsp3) is 0.727. The molecule has 1 atom stereocenters. The highest BCUT2D eigenvalue weighted by atomic mass is 16.2. The molecule has 0 bridgehead atoms. The van der Waals surface area contributed by atoms with E-state index in [4.69, 9.17) is 0 Å². The molecule has 2 heterocycles. The van der Waals surface area contributed by atoms with Gasteiger partial charge in [0.05, 0.1) is 12.5 Å². The summed E-state index contributed by atoms with van der Waals surface area (Å²) in [5.74, 6) is -0.279. The molecule has 1 unspecified atom stereocenters. The van der Waals surface area contributed by atoms with E-state index in [1.807, 2.05) is 0 Å². The molecule has 94 valence electrons. The van der Waals surface area contributed by atoms with Crippen LogP contribution in [0.4, 0.5) is 0 Å². The van der Waals surface area contributed by atoms with Crippen LogP contribution < -0.4 is 10.6 Å². The highest BCUT2D eigenvalue weighted by Crippen LogP contribution is 2.14. The van der Waals surface area contributed by atoms with Crippen LogP contribution in [0, 0.1) is 5.92 Å². The zero-order valence-corrected chi connectivity index (χ0v) is 9.70. The molecule has 0 aliphatic carbocycles. The quantitative estimate of drug-likeness (QED) is 0.607. The Labute approximate surface area is 99.7 Å². The predicted octanol–water partition coefficient (Wildman–Crippen LogP) is -1.14. The maximum Gasteiger partial charge on any atom is 0.239 e. The first-order chi connectivity index (χ1) is 8.16. The number of nitrogens with one attached hydrogen (secondary N) is 2. The van der Waals surface area contributed by atoms with Crippen molar-refractivity contribution in [3.05, 3.63) is 0 Å². The average molecular weight is 239 g/mol. The van der Waals surface area contributed by atoms with Crippen LogP contribution in [0.2, 0.25) is 0 Å². The molecular formula is C11H17N3O3. The van der Waals surface area contributed by atoms with Crippen molar-refractivity contribution in [1.29, 1.82) is 0 Å². The van der Waals surface area contributed by atoms with Gasteiger partial charge in [-0.25, -0.2) is 0 Å². The van der Waals surface area contributed by atoms with E-state index in [-0.39, 0.29) is 30.2 Å². The van der Waals surface area contributed by atoms with E-state index in [0.717, 1.165) is 6.42 Å². The molecule has 17 heavy (non-hydrogen) atoms. The van der Waals surface area contributed by atoms with Crippen LogP contribution in [0.1, 0.15) is 19.3 Å². The van der Waals surface area contributed by atoms with E-state index in [0.29, 0.717) is 32.5 Å². The van der Waals surface area contributed by atoms with Crippen molar-refractivity contribution in [3.8, 4) is 0 Å². The van der Waals surface area contributed by atoms with Crippen molar-refractivity contribution < 1.29 is 14.4 Å². The third kappa shape index (κ3) is 2.95. The number of amides is 3. The van der Waals surface area contributed by atoms with Gasteiger partial charge in [0.1, 0.15) is 0 Å². The summed E-state index contributed by atoms with van der Waals surface area (Å²) in [5, 5.41) is 5.43. The summed E-state index contributed by atoms with van der Waals surface area (Å²) in [5.41, 5.74) is 0. The van der Waals surface area contributed by atoms with Gasteiger partial charge in [-0.05, 0) is 12.8 Å². The molecule has 2 fully saturated rings. The lowest BCUT2D eigenvalue weighted by molar-refractivity contribution is -0.140. The van der Waals surface area contributed by atoms with Gasteiger partial charge in [0.25, 0.3) is 0 Å². The minimum Gasteiger partial charge on any atom is -0.355 e. The van der Waals surface area contributed by atoms with E-state index in [2.05, 4.69) is 10.6 Å². The first kappa shape index (κ1) is 11.9. The number of nitrogens with zero attached hydrogens (tertiary/aromatic N) is 1. The van der Waals surface area contributed by atoms with Crippen LogP contribution in [0.15, 0.2) is 0 Å². The summed E-state index contributed by atoms with van der Waals surface area (Å²) < 4.78 is 0. The van der Waals surface area contributed by atoms with Crippen molar-refractivity contribution in [2.75, 3.05) is 26.2 Å². The molecule has 0 aromatic carbocycles. The van der Waals surface area contributed by atoms with Gasteiger partial charge in [0, 0.05) is 26.1 Å². The van der Waals surface area contributed by atoms with Gasteiger partial charge < -0.3 is 15.5 Å². The van der Waals surface area contributed by atoms with Gasteiger partial charge in [-0.3, -0.25) is 14.4 Å². The molecule has 2 aliphatic rings. The van der Waals surface area contributed by atoms with Gasteiger partial charge in [0.2, 0.25) is 17.7 Å². The smallest absolute Gasteiger partial charge is 0.239 e. The van der Waals surface area contributed by atoms with Crippen LogP contribution >= 0.6 is 0 Å². The second-order valence-corrected chi connectivity index (χ2v) is 4.50. The zero-order chi connectivity index (χ0) is 12.3. The van der Waals surface area contributed by atoms with E-state index in [1.165, 1.54) is 0 Å². The Balaban J connectivity index is 1.93. The van der Waals surface area contributed by atoms with E-state index in [9.17, 15) is 14.4 Å². The summed E-state index contributed by atoms with van der Waals surface area (Å²) in [7, 11) is 0. The van der Waals surface area contributed by atoms with Crippen molar-refractivity contribution in [3.63, 3.8) is 0 Å². The molecule has 0 aromatic rings. The zero-order valence-electron chi connectivity index (χ0n) is 9.70. The summed E-state index contributed by atoms with van der Waals surface area (Å²) in [6.07, 6.45) is 1.77. The molecule has 0 radical (unpaired) electrons. The SMILES string of the molecule is O=C1CCC(C(=O)N2CCCNC(=O)C2)CN1. The molecular weight excluding hydrogens is 222 g/mol. The minimum atomic E-state index is -0.168. The third-order valence-electron chi connectivity index (χ3n) is 3.19. The first-order valence-corrected chi connectivity index (χ1v) is 5.99. The van der Waals surface area contributed by atoms with Gasteiger partial charge in [0.15, 0.2) is 0 Å². The lowest BCUT2D eigenvalue weighted by atomic mass is 9.97. The molecule has 3 amide bonds. The molecule has 2 rings (SSSR count).